The molecule has 0 aromatic carbocycles. The number of ether oxygens (including phenoxy) is 1. The van der Waals surface area contributed by atoms with Crippen LogP contribution in [0.5, 0.6) is 0 Å². The third-order valence-corrected chi connectivity index (χ3v) is 3.95. The molecule has 0 atom stereocenters. The van der Waals surface area contributed by atoms with Crippen LogP contribution < -0.4 is 5.32 Å². The van der Waals surface area contributed by atoms with Gasteiger partial charge in [0.05, 0.1) is 5.69 Å². The predicted molar refractivity (Wildman–Crippen MR) is 78.9 cm³/mol. The number of nitrogens with one attached hydrogen (secondary N) is 1. The van der Waals surface area contributed by atoms with Crippen LogP contribution in [0.4, 0.5) is 0 Å². The van der Waals surface area contributed by atoms with Crippen LogP contribution in [0.3, 0.4) is 0 Å². The molecule has 0 bridgehead atoms. The van der Waals surface area contributed by atoms with Crippen LogP contribution >= 0.6 is 11.3 Å². The Labute approximate surface area is 122 Å². The summed E-state index contributed by atoms with van der Waals surface area (Å²) in [6.45, 7) is 3.10. The van der Waals surface area contributed by atoms with E-state index in [4.69, 9.17) is 4.74 Å². The molecule has 0 radical (unpaired) electrons. The summed E-state index contributed by atoms with van der Waals surface area (Å²) in [4.78, 5) is 21.2. The average Bonchev–Trinajstić information content (AvgIpc) is 2.86. The van der Waals surface area contributed by atoms with Crippen molar-refractivity contribution in [3.63, 3.8) is 0 Å². The number of thiazole rings is 1. The lowest BCUT2D eigenvalue weighted by Crippen LogP contribution is -2.24. The first-order valence-electron chi connectivity index (χ1n) is 6.37. The van der Waals surface area contributed by atoms with Gasteiger partial charge in [0.2, 0.25) is 0 Å². The van der Waals surface area contributed by atoms with Crippen molar-refractivity contribution in [1.29, 1.82) is 0 Å². The van der Waals surface area contributed by atoms with Crippen LogP contribution in [0.1, 0.15) is 21.8 Å². The Kier molecular flexibility index (Phi) is 5.20. The summed E-state index contributed by atoms with van der Waals surface area (Å²) in [5, 5.41) is 3.72. The number of aromatic nitrogens is 2. The van der Waals surface area contributed by atoms with Gasteiger partial charge in [0.25, 0.3) is 5.91 Å². The molecule has 106 valence electrons. The first kappa shape index (κ1) is 14.6. The molecule has 0 saturated heterocycles. The quantitative estimate of drug-likeness (QED) is 0.829. The third kappa shape index (κ3) is 3.61. The van der Waals surface area contributed by atoms with E-state index >= 15 is 0 Å². The van der Waals surface area contributed by atoms with Crippen molar-refractivity contribution in [3.05, 3.63) is 35.1 Å². The minimum atomic E-state index is -0.0728. The van der Waals surface area contributed by atoms with E-state index in [2.05, 4.69) is 15.3 Å². The molecule has 6 heteroatoms. The molecule has 20 heavy (non-hydrogen) atoms. The Balaban J connectivity index is 2.06. The van der Waals surface area contributed by atoms with Gasteiger partial charge in [-0.05, 0) is 25.5 Å². The van der Waals surface area contributed by atoms with Crippen LogP contribution in [-0.4, -0.2) is 36.1 Å². The number of amides is 1. The second kappa shape index (κ2) is 7.12. The lowest BCUT2D eigenvalue weighted by Gasteiger charge is -2.02. The summed E-state index contributed by atoms with van der Waals surface area (Å²) < 4.78 is 4.95. The van der Waals surface area contributed by atoms with Gasteiger partial charge in [-0.15, -0.1) is 11.3 Å². The van der Waals surface area contributed by atoms with Gasteiger partial charge in [-0.1, -0.05) is 0 Å². The normalized spacial score (nSPS) is 10.5. The van der Waals surface area contributed by atoms with Crippen LogP contribution in [0.2, 0.25) is 0 Å². The molecular formula is C14H17N3O2S. The topological polar surface area (TPSA) is 64.1 Å². The van der Waals surface area contributed by atoms with Crippen molar-refractivity contribution in [2.45, 2.75) is 13.3 Å². The molecule has 2 heterocycles. The second-order valence-electron chi connectivity index (χ2n) is 4.27. The highest BCUT2D eigenvalue weighted by atomic mass is 32.1. The SMILES string of the molecule is COCCCNC(=O)c1sc(-c2ccncc2)nc1C. The molecule has 1 N–H and O–H groups in total. The van der Waals surface area contributed by atoms with Gasteiger partial charge in [0.15, 0.2) is 0 Å². The average molecular weight is 291 g/mol. The van der Waals surface area contributed by atoms with Gasteiger partial charge < -0.3 is 10.1 Å². The van der Waals surface area contributed by atoms with Crippen molar-refractivity contribution >= 4 is 17.2 Å². The van der Waals surface area contributed by atoms with E-state index in [0.717, 1.165) is 22.7 Å². The predicted octanol–water partition coefficient (Wildman–Crippen LogP) is 2.28. The maximum Gasteiger partial charge on any atom is 0.263 e. The van der Waals surface area contributed by atoms with E-state index in [9.17, 15) is 4.79 Å². The lowest BCUT2D eigenvalue weighted by molar-refractivity contribution is 0.0952. The minimum absolute atomic E-state index is 0.0728. The Morgan fingerprint density at radius 2 is 2.15 bits per heavy atom. The Morgan fingerprint density at radius 3 is 2.85 bits per heavy atom. The van der Waals surface area contributed by atoms with Crippen molar-refractivity contribution < 1.29 is 9.53 Å². The first-order valence-corrected chi connectivity index (χ1v) is 7.19. The molecule has 0 spiro atoms. The zero-order chi connectivity index (χ0) is 14.4. The fourth-order valence-corrected chi connectivity index (χ4v) is 2.71. The first-order chi connectivity index (χ1) is 9.72. The van der Waals surface area contributed by atoms with E-state index in [1.807, 2.05) is 19.1 Å². The van der Waals surface area contributed by atoms with Crippen molar-refractivity contribution in [2.24, 2.45) is 0 Å². The smallest absolute Gasteiger partial charge is 0.263 e. The number of hydrogen-bond acceptors (Lipinski definition) is 5. The van der Waals surface area contributed by atoms with Gasteiger partial charge in [-0.25, -0.2) is 4.98 Å². The monoisotopic (exact) mass is 291 g/mol. The van der Waals surface area contributed by atoms with Gasteiger partial charge in [0.1, 0.15) is 9.88 Å². The van der Waals surface area contributed by atoms with E-state index in [0.29, 0.717) is 18.0 Å². The Morgan fingerprint density at radius 1 is 1.40 bits per heavy atom. The zero-order valence-electron chi connectivity index (χ0n) is 11.5. The maximum absolute atomic E-state index is 12.1. The van der Waals surface area contributed by atoms with Crippen molar-refractivity contribution in [1.82, 2.24) is 15.3 Å². The van der Waals surface area contributed by atoms with Crippen LogP contribution in [0.15, 0.2) is 24.5 Å². The molecule has 2 aromatic heterocycles. The van der Waals surface area contributed by atoms with Crippen LogP contribution in [0, 0.1) is 6.92 Å². The minimum Gasteiger partial charge on any atom is -0.385 e. The molecule has 0 unspecified atom stereocenters. The molecule has 0 fully saturated rings. The molecule has 0 saturated carbocycles. The van der Waals surface area contributed by atoms with Gasteiger partial charge in [0, 0.05) is 38.2 Å². The highest BCUT2D eigenvalue weighted by molar-refractivity contribution is 7.17. The van der Waals surface area contributed by atoms with Gasteiger partial charge in [-0.3, -0.25) is 9.78 Å². The largest absolute Gasteiger partial charge is 0.385 e. The van der Waals surface area contributed by atoms with E-state index in [-0.39, 0.29) is 5.91 Å². The van der Waals surface area contributed by atoms with Gasteiger partial charge >= 0.3 is 0 Å². The lowest BCUT2D eigenvalue weighted by atomic mass is 10.3. The van der Waals surface area contributed by atoms with Gasteiger partial charge in [-0.2, -0.15) is 0 Å². The molecular weight excluding hydrogens is 274 g/mol. The fourth-order valence-electron chi connectivity index (χ4n) is 1.72. The number of carbonyl (C=O) groups excluding carboxylic acids is 1. The number of carbonyl (C=O) groups is 1. The highest BCUT2D eigenvalue weighted by Crippen LogP contribution is 2.27. The number of pyridine rings is 1. The number of methoxy groups -OCH3 is 1. The summed E-state index contributed by atoms with van der Waals surface area (Å²) in [6, 6.07) is 3.77. The highest BCUT2D eigenvalue weighted by Gasteiger charge is 2.15. The van der Waals surface area contributed by atoms with Crippen molar-refractivity contribution in [3.8, 4) is 10.6 Å². The third-order valence-electron chi connectivity index (χ3n) is 2.74. The van der Waals surface area contributed by atoms with E-state index in [1.165, 1.54) is 11.3 Å². The van der Waals surface area contributed by atoms with E-state index in [1.54, 1.807) is 19.5 Å². The van der Waals surface area contributed by atoms with Crippen LogP contribution in [0.25, 0.3) is 10.6 Å². The Hall–Kier alpha value is -1.79. The number of hydrogen-bond donors (Lipinski definition) is 1. The summed E-state index contributed by atoms with van der Waals surface area (Å²) in [5.41, 5.74) is 1.73. The molecule has 5 nitrogen and oxygen atoms in total. The van der Waals surface area contributed by atoms with Crippen molar-refractivity contribution in [2.75, 3.05) is 20.3 Å². The zero-order valence-corrected chi connectivity index (χ0v) is 12.4. The number of nitrogens with zero attached hydrogens (tertiary/aromatic N) is 2. The second-order valence-corrected chi connectivity index (χ2v) is 5.27. The molecule has 2 aromatic rings. The summed E-state index contributed by atoms with van der Waals surface area (Å²) in [7, 11) is 1.65. The van der Waals surface area contributed by atoms with Crippen LogP contribution in [-0.2, 0) is 4.74 Å². The molecule has 1 amide bonds. The van der Waals surface area contributed by atoms with E-state index < -0.39 is 0 Å². The maximum atomic E-state index is 12.1. The number of aryl methyl sites for hydroxylation is 1. The Bertz CT molecular complexity index is 569. The standard InChI is InChI=1S/C14H17N3O2S/c1-10-12(13(18)16-6-3-9-19-2)20-14(17-10)11-4-7-15-8-5-11/h4-5,7-8H,3,6,9H2,1-2H3,(H,16,18). The molecule has 2 rings (SSSR count). The number of rotatable bonds is 6. The summed E-state index contributed by atoms with van der Waals surface area (Å²) in [6.07, 6.45) is 4.24. The molecule has 0 aliphatic heterocycles. The fraction of sp³-hybridized carbons (Fsp3) is 0.357. The molecule has 0 aliphatic carbocycles. The molecule has 0 aliphatic rings. The summed E-state index contributed by atoms with van der Waals surface area (Å²) >= 11 is 1.40. The summed E-state index contributed by atoms with van der Waals surface area (Å²) in [5.74, 6) is -0.0728.